The number of nitrogens with two attached hydrogens (primary N) is 2. The van der Waals surface area contributed by atoms with Gasteiger partial charge in [0.05, 0.1) is 11.7 Å². The van der Waals surface area contributed by atoms with Crippen molar-refractivity contribution < 1.29 is 5.11 Å². The quantitative estimate of drug-likeness (QED) is 0.148. The number of benzene rings is 4. The molecule has 0 heterocycles. The highest BCUT2D eigenvalue weighted by molar-refractivity contribution is 5.78. The van der Waals surface area contributed by atoms with Crippen LogP contribution >= 0.6 is 0 Å². The molecule has 6 rings (SSSR count). The van der Waals surface area contributed by atoms with Gasteiger partial charge in [-0.05, 0) is 81.0 Å². The van der Waals surface area contributed by atoms with Crippen LogP contribution in [0.2, 0.25) is 0 Å². The highest BCUT2D eigenvalue weighted by Gasteiger charge is 2.42. The number of aryl methyl sites for hydroxylation is 1. The predicted molar refractivity (Wildman–Crippen MR) is 211 cm³/mol. The SMILES string of the molecule is C=C1/C=C\C=C/CCc2ccccc2Cc2ccc(C(/C=C\C=C\C(N)c3ccccc3)=C/N)cc2C12C(=C\O)/C=C\C=C/c1ccccc12. The first-order valence-electron chi connectivity index (χ1n) is 17.2. The van der Waals surface area contributed by atoms with Gasteiger partial charge in [-0.3, -0.25) is 0 Å². The Kier molecular flexibility index (Phi) is 10.9. The largest absolute Gasteiger partial charge is 0.515 e. The Bertz CT molecular complexity index is 2090. The average Bonchev–Trinajstić information content (AvgIpc) is 3.15. The molecule has 2 aliphatic rings. The van der Waals surface area contributed by atoms with Crippen molar-refractivity contribution in [3.8, 4) is 0 Å². The van der Waals surface area contributed by atoms with E-state index in [1.165, 1.54) is 17.4 Å². The van der Waals surface area contributed by atoms with E-state index in [4.69, 9.17) is 18.0 Å². The molecule has 248 valence electrons. The summed E-state index contributed by atoms with van der Waals surface area (Å²) < 4.78 is 0. The molecule has 0 saturated heterocycles. The number of fused-ring (bicyclic) bond motifs is 5. The van der Waals surface area contributed by atoms with Gasteiger partial charge >= 0.3 is 0 Å². The van der Waals surface area contributed by atoms with Gasteiger partial charge in [0.1, 0.15) is 0 Å². The second kappa shape index (κ2) is 16.0. The van der Waals surface area contributed by atoms with Crippen LogP contribution in [0.1, 0.15) is 57.0 Å². The second-order valence-electron chi connectivity index (χ2n) is 12.6. The van der Waals surface area contributed by atoms with E-state index in [1.54, 1.807) is 6.20 Å². The van der Waals surface area contributed by atoms with Crippen molar-refractivity contribution in [1.29, 1.82) is 0 Å². The third-order valence-corrected chi connectivity index (χ3v) is 9.62. The molecule has 0 radical (unpaired) electrons. The van der Waals surface area contributed by atoms with Gasteiger partial charge in [0.25, 0.3) is 0 Å². The smallest absolute Gasteiger partial charge is 0.0839 e. The Labute approximate surface area is 296 Å². The van der Waals surface area contributed by atoms with Crippen LogP contribution < -0.4 is 11.5 Å². The van der Waals surface area contributed by atoms with Crippen molar-refractivity contribution in [1.82, 2.24) is 0 Å². The first-order valence-corrected chi connectivity index (χ1v) is 17.2. The van der Waals surface area contributed by atoms with Gasteiger partial charge in [0, 0.05) is 17.8 Å². The Balaban J connectivity index is 1.57. The lowest BCUT2D eigenvalue weighted by molar-refractivity contribution is 0.460. The zero-order chi connectivity index (χ0) is 34.8. The molecule has 0 bridgehead atoms. The van der Waals surface area contributed by atoms with Crippen molar-refractivity contribution in [3.63, 3.8) is 0 Å². The van der Waals surface area contributed by atoms with Gasteiger partial charge in [-0.25, -0.2) is 0 Å². The Morgan fingerprint density at radius 1 is 0.760 bits per heavy atom. The van der Waals surface area contributed by atoms with Gasteiger partial charge < -0.3 is 16.6 Å². The van der Waals surface area contributed by atoms with E-state index in [0.29, 0.717) is 6.42 Å². The average molecular weight is 653 g/mol. The first kappa shape index (κ1) is 34.0. The van der Waals surface area contributed by atoms with Crippen LogP contribution in [-0.4, -0.2) is 5.11 Å². The molecule has 5 N–H and O–H groups in total. The summed E-state index contributed by atoms with van der Waals surface area (Å²) in [4.78, 5) is 0. The number of rotatable bonds is 5. The van der Waals surface area contributed by atoms with Crippen molar-refractivity contribution in [2.45, 2.75) is 30.7 Å². The molecule has 4 aromatic carbocycles. The maximum absolute atomic E-state index is 11.1. The summed E-state index contributed by atoms with van der Waals surface area (Å²) in [5.74, 6) is 0. The maximum Gasteiger partial charge on any atom is 0.0839 e. The molecule has 0 aromatic heterocycles. The van der Waals surface area contributed by atoms with E-state index in [2.05, 4.69) is 97.1 Å². The summed E-state index contributed by atoms with van der Waals surface area (Å²) in [5.41, 5.74) is 23.1. The van der Waals surface area contributed by atoms with Crippen molar-refractivity contribution in [2.24, 2.45) is 11.5 Å². The van der Waals surface area contributed by atoms with Crippen LogP contribution in [0.15, 0.2) is 194 Å². The molecular formula is C47H44N2O. The summed E-state index contributed by atoms with van der Waals surface area (Å²) >= 11 is 0. The van der Waals surface area contributed by atoms with Crippen LogP contribution in [0, 0.1) is 0 Å². The number of aliphatic hydroxyl groups excluding tert-OH is 1. The molecule has 0 fully saturated rings. The van der Waals surface area contributed by atoms with Gasteiger partial charge in [-0.2, -0.15) is 0 Å². The zero-order valence-electron chi connectivity index (χ0n) is 28.3. The predicted octanol–water partition coefficient (Wildman–Crippen LogP) is 10.3. The lowest BCUT2D eigenvalue weighted by Gasteiger charge is -2.40. The van der Waals surface area contributed by atoms with Gasteiger partial charge in [0.2, 0.25) is 0 Å². The van der Waals surface area contributed by atoms with E-state index < -0.39 is 5.41 Å². The third kappa shape index (κ3) is 7.10. The summed E-state index contributed by atoms with van der Waals surface area (Å²) in [6.45, 7) is 4.75. The Morgan fingerprint density at radius 2 is 1.50 bits per heavy atom. The topological polar surface area (TPSA) is 72.3 Å². The summed E-state index contributed by atoms with van der Waals surface area (Å²) in [7, 11) is 0. The van der Waals surface area contributed by atoms with Crippen LogP contribution in [0.4, 0.5) is 0 Å². The molecule has 0 amide bonds. The van der Waals surface area contributed by atoms with E-state index >= 15 is 0 Å². The van der Waals surface area contributed by atoms with Crippen LogP contribution in [0.3, 0.4) is 0 Å². The monoisotopic (exact) mass is 652 g/mol. The molecule has 2 atom stereocenters. The fourth-order valence-corrected chi connectivity index (χ4v) is 7.08. The first-order chi connectivity index (χ1) is 24.6. The van der Waals surface area contributed by atoms with Gasteiger partial charge in [-0.15, -0.1) is 0 Å². The molecule has 50 heavy (non-hydrogen) atoms. The number of hydrogen-bond acceptors (Lipinski definition) is 3. The molecule has 0 aliphatic heterocycles. The zero-order valence-corrected chi connectivity index (χ0v) is 28.3. The van der Waals surface area contributed by atoms with Gasteiger partial charge in [0.15, 0.2) is 0 Å². The van der Waals surface area contributed by atoms with Gasteiger partial charge in [-0.1, -0.05) is 170 Å². The maximum atomic E-state index is 11.1. The Hall–Kier alpha value is -5.90. The van der Waals surface area contributed by atoms with Crippen molar-refractivity contribution in [2.75, 3.05) is 0 Å². The molecule has 4 aromatic rings. The van der Waals surface area contributed by atoms with Crippen LogP contribution in [-0.2, 0) is 18.3 Å². The molecule has 2 unspecified atom stereocenters. The Morgan fingerprint density at radius 3 is 2.32 bits per heavy atom. The standard InChI is InChI=1S/C47H44N2O/c1-35-17-5-2-3-6-18-36-19-9-10-24-39(36)31-41-30-29-40(42(33-48)25-13-16-28-46(49)38-22-7-4-8-23-38)32-45(41)47(35)43(34-50)26-14-11-20-37-21-12-15-27-44(37)47/h2-5,7-17,19-30,32-34,46,50H,1,6,18,31,48-49H2/b3-2-,17-5-,20-11-,25-13-,26-14-,28-16+,42-33+,43-34-. The highest BCUT2D eigenvalue weighted by Crippen LogP contribution is 2.50. The number of aliphatic hydroxyl groups is 1. The van der Waals surface area contributed by atoms with Crippen molar-refractivity contribution in [3.05, 3.63) is 239 Å². The lowest BCUT2D eigenvalue weighted by Crippen LogP contribution is -2.34. The second-order valence-corrected chi connectivity index (χ2v) is 12.6. The summed E-state index contributed by atoms with van der Waals surface area (Å²) in [5, 5.41) is 11.1. The number of allylic oxidation sites excluding steroid dienone is 13. The van der Waals surface area contributed by atoms with Crippen LogP contribution in [0.25, 0.3) is 11.6 Å². The fourth-order valence-electron chi connectivity index (χ4n) is 7.08. The number of hydrogen-bond donors (Lipinski definition) is 3. The normalized spacial score (nSPS) is 21.9. The fraction of sp³-hybridized carbons (Fsp3) is 0.106. The summed E-state index contributed by atoms with van der Waals surface area (Å²) in [6, 6.07) is 33.5. The van der Waals surface area contributed by atoms with Crippen molar-refractivity contribution >= 4 is 11.6 Å². The minimum absolute atomic E-state index is 0.213. The highest BCUT2D eigenvalue weighted by atomic mass is 16.2. The van der Waals surface area contributed by atoms with E-state index in [9.17, 15) is 5.11 Å². The molecule has 1 spiro atoms. The molecule has 3 nitrogen and oxygen atoms in total. The van der Waals surface area contributed by atoms with Crippen LogP contribution in [0.5, 0.6) is 0 Å². The minimum atomic E-state index is -0.933. The minimum Gasteiger partial charge on any atom is -0.515 e. The van der Waals surface area contributed by atoms with E-state index in [0.717, 1.165) is 62.9 Å². The van der Waals surface area contributed by atoms with E-state index in [-0.39, 0.29) is 6.04 Å². The molecule has 3 heteroatoms. The third-order valence-electron chi connectivity index (χ3n) is 9.62. The lowest BCUT2D eigenvalue weighted by atomic mass is 9.61. The molecule has 2 aliphatic carbocycles. The van der Waals surface area contributed by atoms with E-state index in [1.807, 2.05) is 72.9 Å². The molecular weight excluding hydrogens is 609 g/mol. The molecule has 0 saturated carbocycles. The summed E-state index contributed by atoms with van der Waals surface area (Å²) in [6.07, 6.45) is 30.0.